The minimum absolute atomic E-state index is 0.0808. The Morgan fingerprint density at radius 2 is 2.00 bits per heavy atom. The molecule has 2 heteroatoms. The van der Waals surface area contributed by atoms with Crippen LogP contribution in [-0.4, -0.2) is 5.11 Å². The van der Waals surface area contributed by atoms with Gasteiger partial charge < -0.3 is 5.11 Å². The van der Waals surface area contributed by atoms with Crippen LogP contribution in [0.4, 0.5) is 0 Å². The molecule has 0 radical (unpaired) electrons. The second kappa shape index (κ2) is 5.33. The molecule has 0 spiro atoms. The fourth-order valence-electron chi connectivity index (χ4n) is 1.82. The van der Waals surface area contributed by atoms with Gasteiger partial charge in [0.05, 0.1) is 12.2 Å². The van der Waals surface area contributed by atoms with Crippen LogP contribution in [0.3, 0.4) is 0 Å². The predicted molar refractivity (Wildman–Crippen MR) is 69.7 cm³/mol. The summed E-state index contributed by atoms with van der Waals surface area (Å²) in [5.41, 5.74) is 3.34. The van der Waals surface area contributed by atoms with Crippen LogP contribution in [0.1, 0.15) is 56.4 Å². The molecule has 0 saturated carbocycles. The predicted octanol–water partition coefficient (Wildman–Crippen LogP) is 3.63. The number of nitriles is 1. The summed E-state index contributed by atoms with van der Waals surface area (Å²) in [6.45, 7) is 8.46. The fraction of sp³-hybridized carbons (Fsp3) is 0.533. The lowest BCUT2D eigenvalue weighted by molar-refractivity contribution is 0.168. The highest BCUT2D eigenvalue weighted by Crippen LogP contribution is 2.28. The molecule has 1 aromatic rings. The van der Waals surface area contributed by atoms with Crippen LogP contribution in [0.15, 0.2) is 18.2 Å². The Morgan fingerprint density at radius 1 is 1.35 bits per heavy atom. The number of hydrogen-bond donors (Lipinski definition) is 1. The number of aliphatic hydroxyl groups is 1. The molecule has 0 aliphatic rings. The first kappa shape index (κ1) is 13.7. The van der Waals surface area contributed by atoms with Crippen LogP contribution < -0.4 is 0 Å². The van der Waals surface area contributed by atoms with E-state index in [0.717, 1.165) is 11.1 Å². The highest BCUT2D eigenvalue weighted by molar-refractivity contribution is 5.35. The van der Waals surface area contributed by atoms with Gasteiger partial charge in [-0.2, -0.15) is 5.26 Å². The lowest BCUT2D eigenvalue weighted by atomic mass is 9.84. The summed E-state index contributed by atoms with van der Waals surface area (Å²) in [7, 11) is 0. The third kappa shape index (κ3) is 3.57. The van der Waals surface area contributed by atoms with Crippen LogP contribution in [-0.2, 0) is 5.41 Å². The van der Waals surface area contributed by atoms with E-state index < -0.39 is 6.10 Å². The molecule has 1 aromatic carbocycles. The molecule has 1 rings (SSSR count). The lowest BCUT2D eigenvalue weighted by Crippen LogP contribution is -2.12. The van der Waals surface area contributed by atoms with Gasteiger partial charge in [0.1, 0.15) is 0 Å². The van der Waals surface area contributed by atoms with E-state index in [1.807, 2.05) is 13.0 Å². The minimum Gasteiger partial charge on any atom is -0.388 e. The SMILES string of the molecule is Cc1ccc(C(C)(C)C)cc1C(O)CCC#N. The average molecular weight is 231 g/mol. The third-order valence-corrected chi connectivity index (χ3v) is 3.03. The summed E-state index contributed by atoms with van der Waals surface area (Å²) in [5.74, 6) is 0. The maximum absolute atomic E-state index is 10.1. The van der Waals surface area contributed by atoms with Gasteiger partial charge in [0.2, 0.25) is 0 Å². The third-order valence-electron chi connectivity index (χ3n) is 3.03. The van der Waals surface area contributed by atoms with Crippen LogP contribution in [0, 0.1) is 18.3 Å². The van der Waals surface area contributed by atoms with Crippen molar-refractivity contribution in [3.05, 3.63) is 34.9 Å². The minimum atomic E-state index is -0.531. The number of benzene rings is 1. The second-order valence-electron chi connectivity index (χ2n) is 5.53. The van der Waals surface area contributed by atoms with Gasteiger partial charge in [-0.05, 0) is 35.4 Å². The molecular weight excluding hydrogens is 210 g/mol. The largest absolute Gasteiger partial charge is 0.388 e. The highest BCUT2D eigenvalue weighted by atomic mass is 16.3. The average Bonchev–Trinajstić information content (AvgIpc) is 2.24. The molecule has 0 heterocycles. The topological polar surface area (TPSA) is 44.0 Å². The Kier molecular flexibility index (Phi) is 4.31. The normalized spacial score (nSPS) is 13.2. The number of aryl methyl sites for hydroxylation is 1. The first-order valence-corrected chi connectivity index (χ1v) is 6.02. The van der Waals surface area contributed by atoms with Crippen LogP contribution in [0.2, 0.25) is 0 Å². The van der Waals surface area contributed by atoms with Gasteiger partial charge in [-0.3, -0.25) is 0 Å². The molecule has 17 heavy (non-hydrogen) atoms. The maximum Gasteiger partial charge on any atom is 0.0802 e. The molecule has 0 fully saturated rings. The van der Waals surface area contributed by atoms with E-state index in [0.29, 0.717) is 12.8 Å². The van der Waals surface area contributed by atoms with E-state index in [4.69, 9.17) is 5.26 Å². The van der Waals surface area contributed by atoms with Crippen LogP contribution >= 0.6 is 0 Å². The van der Waals surface area contributed by atoms with Crippen molar-refractivity contribution in [2.45, 2.75) is 52.1 Å². The van der Waals surface area contributed by atoms with E-state index in [1.165, 1.54) is 5.56 Å². The standard InChI is InChI=1S/C15H21NO/c1-11-7-8-12(15(2,3)4)10-13(11)14(17)6-5-9-16/h7-8,10,14,17H,5-6H2,1-4H3. The number of nitrogens with zero attached hydrogens (tertiary/aromatic N) is 1. The second-order valence-corrected chi connectivity index (χ2v) is 5.53. The quantitative estimate of drug-likeness (QED) is 0.863. The zero-order valence-electron chi connectivity index (χ0n) is 11.1. The summed E-state index contributed by atoms with van der Waals surface area (Å²) in [6, 6.07) is 8.29. The summed E-state index contributed by atoms with van der Waals surface area (Å²) < 4.78 is 0. The molecule has 0 saturated heterocycles. The van der Waals surface area contributed by atoms with Crippen LogP contribution in [0.25, 0.3) is 0 Å². The van der Waals surface area contributed by atoms with Gasteiger partial charge in [-0.15, -0.1) is 0 Å². The zero-order valence-corrected chi connectivity index (χ0v) is 11.1. The van der Waals surface area contributed by atoms with Crippen molar-refractivity contribution in [3.63, 3.8) is 0 Å². The van der Waals surface area contributed by atoms with Crippen molar-refractivity contribution in [1.29, 1.82) is 5.26 Å². The molecule has 0 aliphatic heterocycles. The van der Waals surface area contributed by atoms with Crippen molar-refractivity contribution < 1.29 is 5.11 Å². The Labute approximate surface area is 104 Å². The van der Waals surface area contributed by atoms with Gasteiger partial charge in [-0.1, -0.05) is 39.0 Å². The molecule has 1 N–H and O–H groups in total. The number of hydrogen-bond acceptors (Lipinski definition) is 2. The van der Waals surface area contributed by atoms with Crippen molar-refractivity contribution in [3.8, 4) is 6.07 Å². The smallest absolute Gasteiger partial charge is 0.0802 e. The molecular formula is C15H21NO. The molecule has 0 amide bonds. The Bertz CT molecular complexity index is 424. The van der Waals surface area contributed by atoms with Gasteiger partial charge in [-0.25, -0.2) is 0 Å². The lowest BCUT2D eigenvalue weighted by Gasteiger charge is -2.22. The van der Waals surface area contributed by atoms with Gasteiger partial charge in [0.15, 0.2) is 0 Å². The number of rotatable bonds is 3. The van der Waals surface area contributed by atoms with Crippen molar-refractivity contribution >= 4 is 0 Å². The Morgan fingerprint density at radius 3 is 2.53 bits per heavy atom. The summed E-state index contributed by atoms with van der Waals surface area (Å²) in [5, 5.41) is 18.6. The summed E-state index contributed by atoms with van der Waals surface area (Å²) in [4.78, 5) is 0. The molecule has 1 atom stereocenters. The van der Waals surface area contributed by atoms with Crippen molar-refractivity contribution in [2.24, 2.45) is 0 Å². The molecule has 92 valence electrons. The van der Waals surface area contributed by atoms with E-state index in [9.17, 15) is 5.11 Å². The molecule has 2 nitrogen and oxygen atoms in total. The molecule has 0 aliphatic carbocycles. The zero-order chi connectivity index (χ0) is 13.1. The first-order valence-electron chi connectivity index (χ1n) is 6.02. The molecule has 0 aromatic heterocycles. The van der Waals surface area contributed by atoms with E-state index >= 15 is 0 Å². The van der Waals surface area contributed by atoms with E-state index in [-0.39, 0.29) is 5.41 Å². The van der Waals surface area contributed by atoms with Gasteiger partial charge in [0.25, 0.3) is 0 Å². The van der Waals surface area contributed by atoms with Crippen molar-refractivity contribution in [1.82, 2.24) is 0 Å². The van der Waals surface area contributed by atoms with Gasteiger partial charge >= 0.3 is 0 Å². The Balaban J connectivity index is 3.03. The summed E-state index contributed by atoms with van der Waals surface area (Å²) >= 11 is 0. The van der Waals surface area contributed by atoms with Crippen molar-refractivity contribution in [2.75, 3.05) is 0 Å². The fourth-order valence-corrected chi connectivity index (χ4v) is 1.82. The molecule has 0 bridgehead atoms. The van der Waals surface area contributed by atoms with E-state index in [1.54, 1.807) is 0 Å². The monoisotopic (exact) mass is 231 g/mol. The maximum atomic E-state index is 10.1. The molecule has 1 unspecified atom stereocenters. The summed E-state index contributed by atoms with van der Waals surface area (Å²) in [6.07, 6.45) is 0.364. The van der Waals surface area contributed by atoms with E-state index in [2.05, 4.69) is 39.0 Å². The highest BCUT2D eigenvalue weighted by Gasteiger charge is 2.17. The Hall–Kier alpha value is -1.33. The number of aliphatic hydroxyl groups excluding tert-OH is 1. The van der Waals surface area contributed by atoms with Gasteiger partial charge in [0, 0.05) is 6.42 Å². The first-order chi connectivity index (χ1) is 7.86. The van der Waals surface area contributed by atoms with Crippen LogP contribution in [0.5, 0.6) is 0 Å².